The van der Waals surface area contributed by atoms with Gasteiger partial charge in [0.1, 0.15) is 5.82 Å². The molecule has 5 nitrogen and oxygen atoms in total. The van der Waals surface area contributed by atoms with E-state index in [0.717, 1.165) is 0 Å². The molecule has 2 aromatic rings. The Hall–Kier alpha value is -1.95. The number of benzene rings is 1. The molecule has 0 bridgehead atoms. The number of carbonyl (C=O) groups excluding carboxylic acids is 1. The average Bonchev–Trinajstić information content (AvgIpc) is 2.95. The third kappa shape index (κ3) is 4.27. The molecule has 2 rings (SSSR count). The van der Waals surface area contributed by atoms with Gasteiger partial charge in [0.25, 0.3) is 0 Å². The Kier molecular flexibility index (Phi) is 5.49. The van der Waals surface area contributed by atoms with Crippen LogP contribution in [0.15, 0.2) is 30.6 Å². The standard InChI is InChI=1S/C15H18ClFN4O/c1-10(2)14(9-21-7-6-18-20-21)19-15(22)8-11-12(16)4-3-5-13(11)17/h3-7,10,14H,8-9H2,1-2H3,(H,19,22)/t14-/m1/s1. The number of amides is 1. The van der Waals surface area contributed by atoms with Crippen LogP contribution in [0.3, 0.4) is 0 Å². The Morgan fingerprint density at radius 3 is 2.82 bits per heavy atom. The molecule has 118 valence electrons. The van der Waals surface area contributed by atoms with Crippen molar-refractivity contribution in [3.63, 3.8) is 0 Å². The summed E-state index contributed by atoms with van der Waals surface area (Å²) < 4.78 is 15.4. The van der Waals surface area contributed by atoms with Gasteiger partial charge in [-0.2, -0.15) is 0 Å². The van der Waals surface area contributed by atoms with Gasteiger partial charge in [-0.1, -0.05) is 36.7 Å². The quantitative estimate of drug-likeness (QED) is 0.888. The topological polar surface area (TPSA) is 59.8 Å². The lowest BCUT2D eigenvalue weighted by atomic mass is 10.0. The highest BCUT2D eigenvalue weighted by atomic mass is 35.5. The van der Waals surface area contributed by atoms with Crippen LogP contribution < -0.4 is 5.32 Å². The van der Waals surface area contributed by atoms with Crippen molar-refractivity contribution in [2.45, 2.75) is 32.9 Å². The van der Waals surface area contributed by atoms with Gasteiger partial charge >= 0.3 is 0 Å². The van der Waals surface area contributed by atoms with Gasteiger partial charge in [-0.3, -0.25) is 9.48 Å². The van der Waals surface area contributed by atoms with E-state index in [0.29, 0.717) is 6.54 Å². The minimum absolute atomic E-state index is 0.0912. The highest BCUT2D eigenvalue weighted by Gasteiger charge is 2.19. The monoisotopic (exact) mass is 324 g/mol. The summed E-state index contributed by atoms with van der Waals surface area (Å²) in [5.41, 5.74) is 0.213. The second-order valence-corrected chi connectivity index (χ2v) is 5.83. The summed E-state index contributed by atoms with van der Waals surface area (Å²) in [6.45, 7) is 4.50. The van der Waals surface area contributed by atoms with Crippen molar-refractivity contribution in [1.29, 1.82) is 0 Å². The molecule has 0 unspecified atom stereocenters. The van der Waals surface area contributed by atoms with Crippen molar-refractivity contribution in [2.24, 2.45) is 5.92 Å². The molecule has 7 heteroatoms. The highest BCUT2D eigenvalue weighted by Crippen LogP contribution is 2.19. The Morgan fingerprint density at radius 2 is 2.23 bits per heavy atom. The molecular weight excluding hydrogens is 307 g/mol. The number of carbonyl (C=O) groups is 1. The molecule has 0 aliphatic heterocycles. The first kappa shape index (κ1) is 16.4. The summed E-state index contributed by atoms with van der Waals surface area (Å²) in [5, 5.41) is 10.8. The van der Waals surface area contributed by atoms with E-state index in [-0.39, 0.29) is 34.9 Å². The van der Waals surface area contributed by atoms with Crippen molar-refractivity contribution >= 4 is 17.5 Å². The molecule has 0 aliphatic carbocycles. The lowest BCUT2D eigenvalue weighted by Gasteiger charge is -2.22. The van der Waals surface area contributed by atoms with Crippen molar-refractivity contribution in [1.82, 2.24) is 20.3 Å². The van der Waals surface area contributed by atoms with Gasteiger partial charge in [-0.25, -0.2) is 4.39 Å². The summed E-state index contributed by atoms with van der Waals surface area (Å²) in [6.07, 6.45) is 3.22. The molecular formula is C15H18ClFN4O. The summed E-state index contributed by atoms with van der Waals surface area (Å²) >= 11 is 5.95. The van der Waals surface area contributed by atoms with Crippen molar-refractivity contribution < 1.29 is 9.18 Å². The molecule has 0 saturated carbocycles. The van der Waals surface area contributed by atoms with Gasteiger partial charge in [0.05, 0.1) is 25.2 Å². The fourth-order valence-corrected chi connectivity index (χ4v) is 2.30. The highest BCUT2D eigenvalue weighted by molar-refractivity contribution is 6.31. The Morgan fingerprint density at radius 1 is 1.45 bits per heavy atom. The smallest absolute Gasteiger partial charge is 0.224 e. The fraction of sp³-hybridized carbons (Fsp3) is 0.400. The van der Waals surface area contributed by atoms with Gasteiger partial charge < -0.3 is 5.32 Å². The van der Waals surface area contributed by atoms with E-state index in [9.17, 15) is 9.18 Å². The predicted molar refractivity (Wildman–Crippen MR) is 81.9 cm³/mol. The van der Waals surface area contributed by atoms with E-state index >= 15 is 0 Å². The summed E-state index contributed by atoms with van der Waals surface area (Å²) in [4.78, 5) is 12.2. The second-order valence-electron chi connectivity index (χ2n) is 5.42. The molecule has 22 heavy (non-hydrogen) atoms. The third-order valence-corrected chi connectivity index (χ3v) is 3.76. The number of halogens is 2. The van der Waals surface area contributed by atoms with Gasteiger partial charge in [-0.05, 0) is 18.1 Å². The maximum absolute atomic E-state index is 13.7. The van der Waals surface area contributed by atoms with Crippen molar-refractivity contribution in [3.8, 4) is 0 Å². The Bertz CT molecular complexity index is 610. The van der Waals surface area contributed by atoms with Crippen LogP contribution in [0.1, 0.15) is 19.4 Å². The second kappa shape index (κ2) is 7.35. The van der Waals surface area contributed by atoms with Crippen LogP contribution in [0.2, 0.25) is 5.02 Å². The molecule has 1 atom stereocenters. The molecule has 0 saturated heterocycles. The van der Waals surface area contributed by atoms with E-state index < -0.39 is 5.82 Å². The molecule has 1 N–H and O–H groups in total. The predicted octanol–water partition coefficient (Wildman–Crippen LogP) is 2.45. The van der Waals surface area contributed by atoms with E-state index in [1.54, 1.807) is 23.1 Å². The van der Waals surface area contributed by atoms with E-state index in [1.165, 1.54) is 12.1 Å². The number of rotatable bonds is 6. The minimum Gasteiger partial charge on any atom is -0.351 e. The SMILES string of the molecule is CC(C)[C@@H](Cn1ccnn1)NC(=O)Cc1c(F)cccc1Cl. The molecule has 1 heterocycles. The third-order valence-electron chi connectivity index (χ3n) is 3.41. The van der Waals surface area contributed by atoms with Crippen LogP contribution in [0.5, 0.6) is 0 Å². The van der Waals surface area contributed by atoms with Crippen molar-refractivity contribution in [3.05, 3.63) is 47.0 Å². The number of nitrogens with one attached hydrogen (secondary N) is 1. The van der Waals surface area contributed by atoms with E-state index in [1.807, 2.05) is 13.8 Å². The zero-order valence-corrected chi connectivity index (χ0v) is 13.2. The first-order chi connectivity index (χ1) is 10.5. The zero-order valence-electron chi connectivity index (χ0n) is 12.5. The largest absolute Gasteiger partial charge is 0.351 e. The van der Waals surface area contributed by atoms with Gasteiger partial charge in [0.15, 0.2) is 0 Å². The lowest BCUT2D eigenvalue weighted by Crippen LogP contribution is -2.42. The molecule has 0 radical (unpaired) electrons. The lowest BCUT2D eigenvalue weighted by molar-refractivity contribution is -0.121. The normalized spacial score (nSPS) is 12.4. The van der Waals surface area contributed by atoms with E-state index in [2.05, 4.69) is 15.6 Å². The average molecular weight is 325 g/mol. The molecule has 0 spiro atoms. The number of aromatic nitrogens is 3. The first-order valence-corrected chi connectivity index (χ1v) is 7.41. The van der Waals surface area contributed by atoms with Gasteiger partial charge in [0, 0.05) is 16.8 Å². The number of hydrogen-bond donors (Lipinski definition) is 1. The maximum atomic E-state index is 13.7. The Labute approximate surface area is 133 Å². The molecule has 1 aromatic carbocycles. The van der Waals surface area contributed by atoms with Crippen molar-refractivity contribution in [2.75, 3.05) is 0 Å². The van der Waals surface area contributed by atoms with Crippen LogP contribution >= 0.6 is 11.6 Å². The van der Waals surface area contributed by atoms with Crippen LogP contribution in [-0.4, -0.2) is 26.9 Å². The fourth-order valence-electron chi connectivity index (χ4n) is 2.07. The zero-order chi connectivity index (χ0) is 16.1. The molecule has 0 fully saturated rings. The van der Waals surface area contributed by atoms with Crippen LogP contribution in [0.25, 0.3) is 0 Å². The Balaban J connectivity index is 2.02. The maximum Gasteiger partial charge on any atom is 0.224 e. The van der Waals surface area contributed by atoms with Crippen LogP contribution in [0.4, 0.5) is 4.39 Å². The first-order valence-electron chi connectivity index (χ1n) is 7.03. The minimum atomic E-state index is -0.472. The molecule has 0 aliphatic rings. The number of nitrogens with zero attached hydrogens (tertiary/aromatic N) is 3. The summed E-state index contributed by atoms with van der Waals surface area (Å²) in [6, 6.07) is 4.26. The molecule has 1 aromatic heterocycles. The number of hydrogen-bond acceptors (Lipinski definition) is 3. The summed E-state index contributed by atoms with van der Waals surface area (Å²) in [5.74, 6) is -0.546. The summed E-state index contributed by atoms with van der Waals surface area (Å²) in [7, 11) is 0. The van der Waals surface area contributed by atoms with Crippen LogP contribution in [-0.2, 0) is 17.8 Å². The van der Waals surface area contributed by atoms with Gasteiger partial charge in [0.2, 0.25) is 5.91 Å². The van der Waals surface area contributed by atoms with E-state index in [4.69, 9.17) is 11.6 Å². The molecule has 1 amide bonds. The van der Waals surface area contributed by atoms with Gasteiger partial charge in [-0.15, -0.1) is 5.10 Å². The van der Waals surface area contributed by atoms with Crippen LogP contribution in [0, 0.1) is 11.7 Å².